The van der Waals surface area contributed by atoms with Crippen LogP contribution in [0.3, 0.4) is 0 Å². The number of ether oxygens (including phenoxy) is 1. The van der Waals surface area contributed by atoms with Gasteiger partial charge in [0.2, 0.25) is 0 Å². The fourth-order valence-corrected chi connectivity index (χ4v) is 3.48. The van der Waals surface area contributed by atoms with Crippen LogP contribution in [-0.2, 0) is 9.53 Å². The number of esters is 1. The van der Waals surface area contributed by atoms with E-state index in [1.807, 2.05) is 0 Å². The average molecular weight is 312 g/mol. The Morgan fingerprint density at radius 3 is 2.23 bits per heavy atom. The van der Waals surface area contributed by atoms with E-state index in [0.29, 0.717) is 13.0 Å². The Hall–Kier alpha value is -1.74. The van der Waals surface area contributed by atoms with Crippen LogP contribution >= 0.6 is 11.8 Å². The van der Waals surface area contributed by atoms with Crippen molar-refractivity contribution in [2.75, 3.05) is 18.6 Å². The van der Waals surface area contributed by atoms with Crippen LogP contribution < -0.4 is 0 Å². The van der Waals surface area contributed by atoms with E-state index < -0.39 is 0 Å². The predicted octanol–water partition coefficient (Wildman–Crippen LogP) is 4.49. The fraction of sp³-hybridized carbons (Fsp3) is 0.316. The van der Waals surface area contributed by atoms with Gasteiger partial charge in [-0.3, -0.25) is 4.79 Å². The molecule has 0 saturated heterocycles. The summed E-state index contributed by atoms with van der Waals surface area (Å²) in [4.78, 5) is 11.9. The topological polar surface area (TPSA) is 26.3 Å². The van der Waals surface area contributed by atoms with Crippen LogP contribution in [0.2, 0.25) is 0 Å². The highest BCUT2D eigenvalue weighted by atomic mass is 32.2. The second kappa shape index (κ2) is 7.01. The lowest BCUT2D eigenvalue weighted by atomic mass is 9.98. The van der Waals surface area contributed by atoms with E-state index in [-0.39, 0.29) is 11.9 Å². The first-order valence-corrected chi connectivity index (χ1v) is 9.03. The van der Waals surface area contributed by atoms with Crippen molar-refractivity contribution in [1.29, 1.82) is 0 Å². The molecule has 1 aliphatic carbocycles. The summed E-state index contributed by atoms with van der Waals surface area (Å²) in [7, 11) is 0. The quantitative estimate of drug-likeness (QED) is 0.581. The van der Waals surface area contributed by atoms with Crippen molar-refractivity contribution in [2.45, 2.75) is 18.8 Å². The summed E-state index contributed by atoms with van der Waals surface area (Å²) in [5.41, 5.74) is 5.06. The Balaban J connectivity index is 1.73. The van der Waals surface area contributed by atoms with Gasteiger partial charge in [0.25, 0.3) is 0 Å². The van der Waals surface area contributed by atoms with Crippen molar-refractivity contribution in [3.8, 4) is 11.1 Å². The molecule has 0 bridgehead atoms. The molecule has 0 fully saturated rings. The molecule has 3 rings (SSSR count). The zero-order valence-corrected chi connectivity index (χ0v) is 13.6. The summed E-state index contributed by atoms with van der Waals surface area (Å²) in [6, 6.07) is 16.8. The maximum absolute atomic E-state index is 11.9. The number of carbonyl (C=O) groups excluding carboxylic acids is 1. The zero-order valence-electron chi connectivity index (χ0n) is 12.7. The normalized spacial score (nSPS) is 12.8. The van der Waals surface area contributed by atoms with Crippen molar-refractivity contribution >= 4 is 17.7 Å². The van der Waals surface area contributed by atoms with E-state index in [4.69, 9.17) is 4.74 Å². The van der Waals surface area contributed by atoms with Gasteiger partial charge in [-0.25, -0.2) is 0 Å². The Kier molecular flexibility index (Phi) is 4.84. The molecule has 0 spiro atoms. The number of fused-ring (bicyclic) bond motifs is 3. The molecule has 0 radical (unpaired) electrons. The Morgan fingerprint density at radius 2 is 1.64 bits per heavy atom. The fourth-order valence-electron chi connectivity index (χ4n) is 3.05. The van der Waals surface area contributed by atoms with Crippen LogP contribution in [0, 0.1) is 0 Å². The van der Waals surface area contributed by atoms with Gasteiger partial charge in [-0.05, 0) is 40.7 Å². The molecule has 0 saturated carbocycles. The molecule has 0 amide bonds. The number of hydrogen-bond acceptors (Lipinski definition) is 3. The first-order valence-electron chi connectivity index (χ1n) is 7.64. The predicted molar refractivity (Wildman–Crippen MR) is 92.3 cm³/mol. The standard InChI is InChI=1S/C19H20O2S/c1-22-12-6-11-19(20)21-13-18-16-9-4-2-7-14(16)15-8-3-5-10-17(15)18/h2-5,7-10,18H,6,11-13H2,1H3. The molecule has 2 aromatic carbocycles. The molecular weight excluding hydrogens is 292 g/mol. The lowest BCUT2D eigenvalue weighted by Crippen LogP contribution is -2.12. The molecule has 0 unspecified atom stereocenters. The van der Waals surface area contributed by atoms with Gasteiger partial charge in [-0.2, -0.15) is 11.8 Å². The SMILES string of the molecule is CSCCCC(=O)OCC1c2ccccc2-c2ccccc21. The largest absolute Gasteiger partial charge is 0.465 e. The minimum atomic E-state index is -0.0871. The van der Waals surface area contributed by atoms with Gasteiger partial charge in [0.1, 0.15) is 6.61 Å². The minimum Gasteiger partial charge on any atom is -0.465 e. The maximum Gasteiger partial charge on any atom is 0.305 e. The van der Waals surface area contributed by atoms with Gasteiger partial charge in [-0.15, -0.1) is 0 Å². The number of carbonyl (C=O) groups is 1. The molecule has 3 heteroatoms. The molecule has 2 nitrogen and oxygen atoms in total. The van der Waals surface area contributed by atoms with E-state index >= 15 is 0 Å². The maximum atomic E-state index is 11.9. The summed E-state index contributed by atoms with van der Waals surface area (Å²) < 4.78 is 5.54. The summed E-state index contributed by atoms with van der Waals surface area (Å²) in [5.74, 6) is 1.08. The highest BCUT2D eigenvalue weighted by molar-refractivity contribution is 7.98. The van der Waals surface area contributed by atoms with Crippen LogP contribution in [0.5, 0.6) is 0 Å². The van der Waals surface area contributed by atoms with Gasteiger partial charge in [0.15, 0.2) is 0 Å². The Bertz CT molecular complexity index is 620. The molecular formula is C19H20O2S. The van der Waals surface area contributed by atoms with Gasteiger partial charge < -0.3 is 4.74 Å². The van der Waals surface area contributed by atoms with Gasteiger partial charge in [0, 0.05) is 12.3 Å². The molecule has 1 aliphatic rings. The van der Waals surface area contributed by atoms with Gasteiger partial charge >= 0.3 is 5.97 Å². The number of thioether (sulfide) groups is 1. The molecule has 0 atom stereocenters. The van der Waals surface area contributed by atoms with Crippen molar-refractivity contribution in [3.63, 3.8) is 0 Å². The molecule has 0 aliphatic heterocycles. The molecule has 0 N–H and O–H groups in total. The third-order valence-electron chi connectivity index (χ3n) is 4.10. The second-order valence-corrected chi connectivity index (χ2v) is 6.49. The minimum absolute atomic E-state index is 0.0871. The van der Waals surface area contributed by atoms with Crippen LogP contribution in [-0.4, -0.2) is 24.6 Å². The second-order valence-electron chi connectivity index (χ2n) is 5.51. The molecule has 0 heterocycles. The summed E-state index contributed by atoms with van der Waals surface area (Å²) in [5, 5.41) is 0. The van der Waals surface area contributed by atoms with E-state index in [1.165, 1.54) is 22.3 Å². The van der Waals surface area contributed by atoms with E-state index in [0.717, 1.165) is 12.2 Å². The van der Waals surface area contributed by atoms with Crippen LogP contribution in [0.1, 0.15) is 29.9 Å². The lowest BCUT2D eigenvalue weighted by Gasteiger charge is -2.14. The number of rotatable bonds is 6. The number of benzene rings is 2. The van der Waals surface area contributed by atoms with E-state index in [1.54, 1.807) is 11.8 Å². The smallest absolute Gasteiger partial charge is 0.305 e. The highest BCUT2D eigenvalue weighted by Gasteiger charge is 2.28. The molecule has 114 valence electrons. The van der Waals surface area contributed by atoms with Crippen molar-refractivity contribution in [2.24, 2.45) is 0 Å². The summed E-state index contributed by atoms with van der Waals surface area (Å²) >= 11 is 1.76. The first-order chi connectivity index (χ1) is 10.8. The third-order valence-corrected chi connectivity index (χ3v) is 4.80. The van der Waals surface area contributed by atoms with Gasteiger partial charge in [-0.1, -0.05) is 48.5 Å². The lowest BCUT2D eigenvalue weighted by molar-refractivity contribution is -0.143. The molecule has 2 aromatic rings. The van der Waals surface area contributed by atoms with E-state index in [9.17, 15) is 4.79 Å². The van der Waals surface area contributed by atoms with Gasteiger partial charge in [0.05, 0.1) is 0 Å². The van der Waals surface area contributed by atoms with Crippen LogP contribution in [0.4, 0.5) is 0 Å². The summed E-state index contributed by atoms with van der Waals surface area (Å²) in [6.45, 7) is 0.437. The highest BCUT2D eigenvalue weighted by Crippen LogP contribution is 2.44. The zero-order chi connectivity index (χ0) is 15.4. The summed E-state index contributed by atoms with van der Waals surface area (Å²) in [6.07, 6.45) is 3.45. The van der Waals surface area contributed by atoms with Crippen LogP contribution in [0.15, 0.2) is 48.5 Å². The van der Waals surface area contributed by atoms with Crippen LogP contribution in [0.25, 0.3) is 11.1 Å². The average Bonchev–Trinajstić information content (AvgIpc) is 2.87. The van der Waals surface area contributed by atoms with Crippen molar-refractivity contribution < 1.29 is 9.53 Å². The first kappa shape index (κ1) is 15.2. The molecule has 0 aromatic heterocycles. The third kappa shape index (κ3) is 3.05. The Morgan fingerprint density at radius 1 is 1.05 bits per heavy atom. The molecule has 22 heavy (non-hydrogen) atoms. The number of hydrogen-bond donors (Lipinski definition) is 0. The van der Waals surface area contributed by atoms with Crippen molar-refractivity contribution in [3.05, 3.63) is 59.7 Å². The van der Waals surface area contributed by atoms with Crippen molar-refractivity contribution in [1.82, 2.24) is 0 Å². The van der Waals surface area contributed by atoms with E-state index in [2.05, 4.69) is 54.8 Å². The monoisotopic (exact) mass is 312 g/mol. The Labute approximate surface area is 135 Å².